The summed E-state index contributed by atoms with van der Waals surface area (Å²) in [6.45, 7) is 1.69. The van der Waals surface area contributed by atoms with Gasteiger partial charge in [0.25, 0.3) is 11.6 Å². The minimum absolute atomic E-state index is 0.0449. The lowest BCUT2D eigenvalue weighted by Gasteiger charge is -2.07. The summed E-state index contributed by atoms with van der Waals surface area (Å²) < 4.78 is 64.3. The number of hydrogen-bond donors (Lipinski definition) is 0. The van der Waals surface area contributed by atoms with Crippen molar-refractivity contribution in [2.24, 2.45) is 0 Å². The molecule has 1 aromatic rings. The number of aromatic nitrogens is 3. The molecule has 0 unspecified atom stereocenters. The van der Waals surface area contributed by atoms with Crippen molar-refractivity contribution in [1.29, 1.82) is 0 Å². The Bertz CT molecular complexity index is 474. The van der Waals surface area contributed by atoms with E-state index in [1.54, 1.807) is 6.92 Å². The van der Waals surface area contributed by atoms with Crippen molar-refractivity contribution in [1.82, 2.24) is 14.8 Å². The fourth-order valence-electron chi connectivity index (χ4n) is 1.15. The highest BCUT2D eigenvalue weighted by Gasteiger charge is 2.27. The molecule has 17 heavy (non-hydrogen) atoms. The highest BCUT2D eigenvalue weighted by molar-refractivity contribution is 7.86. The van der Waals surface area contributed by atoms with Gasteiger partial charge in [-0.3, -0.25) is 4.57 Å². The standard InChI is InChI=1S/C7H10F3N3O3S/c1-2-16-4-3-13-6(5(8)9)11-12-7(13)17(10,14)15/h5H,2-4H2,1H3. The number of nitrogens with zero attached hydrogens (tertiary/aromatic N) is 3. The first-order chi connectivity index (χ1) is 7.88. The molecule has 0 aromatic carbocycles. The first kappa shape index (κ1) is 13.9. The van der Waals surface area contributed by atoms with Crippen LogP contribution < -0.4 is 0 Å². The molecular formula is C7H10F3N3O3S. The van der Waals surface area contributed by atoms with Crippen LogP contribution >= 0.6 is 0 Å². The van der Waals surface area contributed by atoms with Gasteiger partial charge < -0.3 is 4.74 Å². The quantitative estimate of drug-likeness (QED) is 0.569. The largest absolute Gasteiger partial charge is 0.380 e. The molecule has 0 saturated heterocycles. The third-order valence-corrected chi connectivity index (χ3v) is 2.56. The van der Waals surface area contributed by atoms with E-state index < -0.39 is 27.6 Å². The average Bonchev–Trinajstić information content (AvgIpc) is 2.61. The number of halogens is 3. The number of alkyl halides is 2. The molecule has 1 heterocycles. The molecule has 6 nitrogen and oxygen atoms in total. The minimum Gasteiger partial charge on any atom is -0.380 e. The van der Waals surface area contributed by atoms with E-state index in [1.165, 1.54) is 0 Å². The van der Waals surface area contributed by atoms with Crippen LogP contribution in [0.5, 0.6) is 0 Å². The monoisotopic (exact) mass is 273 g/mol. The molecular weight excluding hydrogens is 263 g/mol. The number of rotatable bonds is 6. The van der Waals surface area contributed by atoms with Gasteiger partial charge in [0.2, 0.25) is 5.82 Å². The predicted octanol–water partition coefficient (Wildman–Crippen LogP) is 0.910. The fourth-order valence-corrected chi connectivity index (χ4v) is 1.74. The van der Waals surface area contributed by atoms with Crippen LogP contribution in [0.2, 0.25) is 0 Å². The molecule has 0 radical (unpaired) electrons. The Kier molecular flexibility index (Phi) is 4.46. The Morgan fingerprint density at radius 3 is 2.53 bits per heavy atom. The Morgan fingerprint density at radius 1 is 1.41 bits per heavy atom. The first-order valence-corrected chi connectivity index (χ1v) is 6.00. The minimum atomic E-state index is -5.18. The summed E-state index contributed by atoms with van der Waals surface area (Å²) in [6, 6.07) is 0. The molecule has 0 fully saturated rings. The summed E-state index contributed by atoms with van der Waals surface area (Å²) in [5.41, 5.74) is 0. The molecule has 1 rings (SSSR count). The van der Waals surface area contributed by atoms with E-state index in [9.17, 15) is 21.1 Å². The molecule has 0 N–H and O–H groups in total. The average molecular weight is 273 g/mol. The van der Waals surface area contributed by atoms with E-state index in [0.717, 1.165) is 0 Å². The Labute approximate surface area is 95.6 Å². The van der Waals surface area contributed by atoms with E-state index in [1.807, 2.05) is 0 Å². The topological polar surface area (TPSA) is 74.1 Å². The zero-order valence-corrected chi connectivity index (χ0v) is 9.62. The molecule has 0 aliphatic carbocycles. The summed E-state index contributed by atoms with van der Waals surface area (Å²) in [5, 5.41) is 4.72. The third-order valence-electron chi connectivity index (χ3n) is 1.82. The molecule has 1 aromatic heterocycles. The number of ether oxygens (including phenoxy) is 1. The van der Waals surface area contributed by atoms with Crippen molar-refractivity contribution in [3.8, 4) is 0 Å². The van der Waals surface area contributed by atoms with Gasteiger partial charge in [-0.05, 0) is 6.92 Å². The highest BCUT2D eigenvalue weighted by atomic mass is 32.3. The molecule has 0 atom stereocenters. The normalized spacial score (nSPS) is 12.3. The summed E-state index contributed by atoms with van der Waals surface area (Å²) >= 11 is 0. The van der Waals surface area contributed by atoms with Gasteiger partial charge in [-0.15, -0.1) is 10.2 Å². The van der Waals surface area contributed by atoms with Crippen LogP contribution in [0.25, 0.3) is 0 Å². The van der Waals surface area contributed by atoms with Crippen LogP contribution in [-0.2, 0) is 21.5 Å². The van der Waals surface area contributed by atoms with Gasteiger partial charge in [-0.25, -0.2) is 8.78 Å². The number of hydrogen-bond acceptors (Lipinski definition) is 5. The lowest BCUT2D eigenvalue weighted by Crippen LogP contribution is -2.14. The maximum atomic E-state index is 12.7. The van der Waals surface area contributed by atoms with Gasteiger partial charge in [-0.1, -0.05) is 3.89 Å². The zero-order valence-electron chi connectivity index (χ0n) is 8.81. The molecule has 98 valence electrons. The summed E-state index contributed by atoms with van der Waals surface area (Å²) in [6.07, 6.45) is -3.04. The van der Waals surface area contributed by atoms with E-state index in [-0.39, 0.29) is 13.2 Å². The van der Waals surface area contributed by atoms with Gasteiger partial charge in [0, 0.05) is 6.61 Å². The maximum absolute atomic E-state index is 12.7. The molecule has 0 aliphatic rings. The highest BCUT2D eigenvalue weighted by Crippen LogP contribution is 2.20. The molecule has 10 heteroatoms. The lowest BCUT2D eigenvalue weighted by atomic mass is 10.5. The first-order valence-electron chi connectivity index (χ1n) is 4.61. The van der Waals surface area contributed by atoms with E-state index in [2.05, 4.69) is 10.2 Å². The SMILES string of the molecule is CCOCCn1c(C(F)F)nnc1S(=O)(=O)F. The lowest BCUT2D eigenvalue weighted by molar-refractivity contribution is 0.116. The van der Waals surface area contributed by atoms with Crippen molar-refractivity contribution < 1.29 is 25.8 Å². The predicted molar refractivity (Wildman–Crippen MR) is 49.8 cm³/mol. The third kappa shape index (κ3) is 3.40. The van der Waals surface area contributed by atoms with Gasteiger partial charge in [0.1, 0.15) is 0 Å². The smallest absolute Gasteiger partial charge is 0.368 e. The van der Waals surface area contributed by atoms with Crippen molar-refractivity contribution in [2.75, 3.05) is 13.2 Å². The Morgan fingerprint density at radius 2 is 2.06 bits per heavy atom. The van der Waals surface area contributed by atoms with Crippen molar-refractivity contribution in [3.05, 3.63) is 5.82 Å². The summed E-state index contributed by atoms with van der Waals surface area (Å²) in [5.74, 6) is -0.902. The second kappa shape index (κ2) is 5.45. The van der Waals surface area contributed by atoms with Crippen LogP contribution in [0.3, 0.4) is 0 Å². The van der Waals surface area contributed by atoms with Crippen molar-refractivity contribution in [3.63, 3.8) is 0 Å². The summed E-state index contributed by atoms with van der Waals surface area (Å²) in [4.78, 5) is 0. The fraction of sp³-hybridized carbons (Fsp3) is 0.714. The van der Waals surface area contributed by atoms with Crippen molar-refractivity contribution >= 4 is 10.2 Å². The van der Waals surface area contributed by atoms with Gasteiger partial charge in [0.05, 0.1) is 13.2 Å². The molecule has 0 amide bonds. The van der Waals surface area contributed by atoms with Crippen LogP contribution in [0.1, 0.15) is 19.2 Å². The molecule has 0 spiro atoms. The second-order valence-corrected chi connectivity index (χ2v) is 4.17. The van der Waals surface area contributed by atoms with Crippen LogP contribution in [0, 0.1) is 0 Å². The Hall–Kier alpha value is -1.16. The van der Waals surface area contributed by atoms with Crippen LogP contribution in [0.4, 0.5) is 12.7 Å². The maximum Gasteiger partial charge on any atom is 0.368 e. The second-order valence-electron chi connectivity index (χ2n) is 2.93. The summed E-state index contributed by atoms with van der Waals surface area (Å²) in [7, 11) is -5.18. The van der Waals surface area contributed by atoms with Gasteiger partial charge >= 0.3 is 10.2 Å². The van der Waals surface area contributed by atoms with Gasteiger partial charge in [0.15, 0.2) is 0 Å². The molecule has 0 saturated carbocycles. The molecule has 0 aliphatic heterocycles. The van der Waals surface area contributed by atoms with E-state index >= 15 is 0 Å². The van der Waals surface area contributed by atoms with E-state index in [0.29, 0.717) is 11.2 Å². The van der Waals surface area contributed by atoms with Gasteiger partial charge in [-0.2, -0.15) is 8.42 Å². The van der Waals surface area contributed by atoms with Crippen LogP contribution in [0.15, 0.2) is 5.16 Å². The van der Waals surface area contributed by atoms with E-state index in [4.69, 9.17) is 4.74 Å². The van der Waals surface area contributed by atoms with Crippen LogP contribution in [-0.4, -0.2) is 36.4 Å². The molecule has 0 bridgehead atoms. The zero-order chi connectivity index (χ0) is 13.1. The Balaban J connectivity index is 3.07. The van der Waals surface area contributed by atoms with Crippen molar-refractivity contribution in [2.45, 2.75) is 25.1 Å².